The predicted molar refractivity (Wildman–Crippen MR) is 73.4 cm³/mol. The molecule has 0 radical (unpaired) electrons. The largest absolute Gasteiger partial charge is 0.326 e. The van der Waals surface area contributed by atoms with E-state index in [0.717, 1.165) is 12.1 Å². The minimum Gasteiger partial charge on any atom is -0.326 e. The molecular formula is C16H19NO. The number of amides is 1. The molecular weight excluding hydrogens is 222 g/mol. The summed E-state index contributed by atoms with van der Waals surface area (Å²) in [5.41, 5.74) is 3.36. The Bertz CT molecular complexity index is 518. The number of rotatable bonds is 2. The molecule has 1 saturated carbocycles. The lowest BCUT2D eigenvalue weighted by Crippen LogP contribution is -2.26. The van der Waals surface area contributed by atoms with Crippen molar-refractivity contribution in [1.82, 2.24) is 0 Å². The molecule has 2 aliphatic carbocycles. The maximum atomic E-state index is 12.3. The smallest absolute Gasteiger partial charge is 0.228 e. The number of hydrogen-bond acceptors (Lipinski definition) is 1. The molecule has 18 heavy (non-hydrogen) atoms. The highest BCUT2D eigenvalue weighted by Crippen LogP contribution is 2.43. The fraction of sp³-hybridized carbons (Fsp3) is 0.438. The Morgan fingerprint density at radius 1 is 1.22 bits per heavy atom. The van der Waals surface area contributed by atoms with Gasteiger partial charge < -0.3 is 5.32 Å². The van der Waals surface area contributed by atoms with Crippen molar-refractivity contribution in [3.8, 4) is 0 Å². The molecule has 0 aliphatic heterocycles. The fourth-order valence-corrected chi connectivity index (χ4v) is 3.19. The maximum Gasteiger partial charge on any atom is 0.228 e. The normalized spacial score (nSPS) is 28.7. The van der Waals surface area contributed by atoms with E-state index in [1.54, 1.807) is 0 Å². The zero-order chi connectivity index (χ0) is 12.7. The Balaban J connectivity index is 1.75. The van der Waals surface area contributed by atoms with Crippen LogP contribution in [0.25, 0.3) is 0 Å². The molecule has 3 rings (SSSR count). The molecule has 0 saturated heterocycles. The molecule has 3 atom stereocenters. The molecule has 2 bridgehead atoms. The van der Waals surface area contributed by atoms with Crippen molar-refractivity contribution in [3.63, 3.8) is 0 Å². The van der Waals surface area contributed by atoms with Crippen LogP contribution in [-0.2, 0) is 4.79 Å². The lowest BCUT2D eigenvalue weighted by atomic mass is 9.92. The van der Waals surface area contributed by atoms with Gasteiger partial charge in [-0.05, 0) is 55.7 Å². The van der Waals surface area contributed by atoms with Crippen LogP contribution < -0.4 is 5.32 Å². The highest BCUT2D eigenvalue weighted by atomic mass is 16.1. The Hall–Kier alpha value is -1.57. The van der Waals surface area contributed by atoms with Crippen LogP contribution in [0, 0.1) is 31.6 Å². The summed E-state index contributed by atoms with van der Waals surface area (Å²) in [7, 11) is 0. The van der Waals surface area contributed by atoms with Crippen molar-refractivity contribution in [2.45, 2.75) is 26.7 Å². The average molecular weight is 241 g/mol. The zero-order valence-electron chi connectivity index (χ0n) is 10.9. The second kappa shape index (κ2) is 4.27. The van der Waals surface area contributed by atoms with E-state index in [1.165, 1.54) is 17.5 Å². The van der Waals surface area contributed by atoms with E-state index in [1.807, 2.05) is 12.1 Å². The van der Waals surface area contributed by atoms with Crippen LogP contribution in [0.4, 0.5) is 5.69 Å². The minimum atomic E-state index is 0.180. The molecule has 3 unspecified atom stereocenters. The van der Waals surface area contributed by atoms with Crippen LogP contribution in [0.2, 0.25) is 0 Å². The Morgan fingerprint density at radius 3 is 2.72 bits per heavy atom. The summed E-state index contributed by atoms with van der Waals surface area (Å²) in [5.74, 6) is 1.49. The van der Waals surface area contributed by atoms with Gasteiger partial charge in [-0.15, -0.1) is 0 Å². The van der Waals surface area contributed by atoms with Crippen LogP contribution in [0.5, 0.6) is 0 Å². The molecule has 1 aromatic rings. The van der Waals surface area contributed by atoms with Gasteiger partial charge in [-0.2, -0.15) is 0 Å². The van der Waals surface area contributed by atoms with Crippen molar-refractivity contribution in [1.29, 1.82) is 0 Å². The number of anilines is 1. The maximum absolute atomic E-state index is 12.3. The van der Waals surface area contributed by atoms with Crippen molar-refractivity contribution >= 4 is 11.6 Å². The number of fused-ring (bicyclic) bond motifs is 2. The Kier molecular flexibility index (Phi) is 2.73. The highest BCUT2D eigenvalue weighted by molar-refractivity contribution is 5.94. The average Bonchev–Trinajstić information content (AvgIpc) is 2.97. The van der Waals surface area contributed by atoms with Gasteiger partial charge in [0.05, 0.1) is 0 Å². The standard InChI is InChI=1S/C16H19NO/c1-10-4-3-5-15(11(10)2)17-16(18)14-9-12-6-7-13(14)8-12/h3-7,12-14H,8-9H2,1-2H3,(H,17,18). The molecule has 94 valence electrons. The summed E-state index contributed by atoms with van der Waals surface area (Å²) < 4.78 is 0. The third kappa shape index (κ3) is 1.86. The molecule has 1 fully saturated rings. The van der Waals surface area contributed by atoms with Crippen LogP contribution in [0.1, 0.15) is 24.0 Å². The number of carbonyl (C=O) groups excluding carboxylic acids is 1. The third-order valence-corrected chi connectivity index (χ3v) is 4.48. The van der Waals surface area contributed by atoms with Gasteiger partial charge in [-0.25, -0.2) is 0 Å². The van der Waals surface area contributed by atoms with Gasteiger partial charge in [0.1, 0.15) is 0 Å². The molecule has 1 aromatic carbocycles. The first-order chi connectivity index (χ1) is 8.65. The quantitative estimate of drug-likeness (QED) is 0.789. The van der Waals surface area contributed by atoms with Crippen molar-refractivity contribution in [2.75, 3.05) is 5.32 Å². The summed E-state index contributed by atoms with van der Waals surface area (Å²) in [5, 5.41) is 3.10. The van der Waals surface area contributed by atoms with Gasteiger partial charge in [0.25, 0.3) is 0 Å². The lowest BCUT2D eigenvalue weighted by molar-refractivity contribution is -0.120. The van der Waals surface area contributed by atoms with Crippen molar-refractivity contribution in [3.05, 3.63) is 41.5 Å². The molecule has 1 amide bonds. The third-order valence-electron chi connectivity index (χ3n) is 4.48. The SMILES string of the molecule is Cc1cccc(NC(=O)C2CC3C=CC2C3)c1C. The second-order valence-corrected chi connectivity index (χ2v) is 5.62. The van der Waals surface area contributed by atoms with E-state index >= 15 is 0 Å². The molecule has 0 heterocycles. The Morgan fingerprint density at radius 2 is 2.06 bits per heavy atom. The van der Waals surface area contributed by atoms with Gasteiger partial charge in [-0.1, -0.05) is 24.3 Å². The molecule has 2 aliphatic rings. The van der Waals surface area contributed by atoms with Gasteiger partial charge in [-0.3, -0.25) is 4.79 Å². The van der Waals surface area contributed by atoms with Crippen molar-refractivity contribution < 1.29 is 4.79 Å². The monoisotopic (exact) mass is 241 g/mol. The van der Waals surface area contributed by atoms with Gasteiger partial charge in [0, 0.05) is 11.6 Å². The minimum absolute atomic E-state index is 0.180. The van der Waals surface area contributed by atoms with E-state index < -0.39 is 0 Å². The number of allylic oxidation sites excluding steroid dienone is 2. The second-order valence-electron chi connectivity index (χ2n) is 5.62. The molecule has 2 nitrogen and oxygen atoms in total. The number of aryl methyl sites for hydroxylation is 1. The summed E-state index contributed by atoms with van der Waals surface area (Å²) in [6.07, 6.45) is 6.69. The summed E-state index contributed by atoms with van der Waals surface area (Å²) in [4.78, 5) is 12.3. The van der Waals surface area contributed by atoms with E-state index in [0.29, 0.717) is 11.8 Å². The van der Waals surface area contributed by atoms with E-state index in [-0.39, 0.29) is 11.8 Å². The van der Waals surface area contributed by atoms with Crippen LogP contribution in [-0.4, -0.2) is 5.91 Å². The highest BCUT2D eigenvalue weighted by Gasteiger charge is 2.39. The Labute approximate surface area is 108 Å². The number of carbonyl (C=O) groups is 1. The van der Waals surface area contributed by atoms with E-state index in [9.17, 15) is 4.79 Å². The van der Waals surface area contributed by atoms with Gasteiger partial charge in [0.2, 0.25) is 5.91 Å². The zero-order valence-corrected chi connectivity index (χ0v) is 10.9. The van der Waals surface area contributed by atoms with Gasteiger partial charge in [0.15, 0.2) is 0 Å². The van der Waals surface area contributed by atoms with E-state index in [2.05, 4.69) is 37.4 Å². The van der Waals surface area contributed by atoms with Crippen LogP contribution >= 0.6 is 0 Å². The first kappa shape index (κ1) is 11.5. The first-order valence-corrected chi connectivity index (χ1v) is 6.70. The van der Waals surface area contributed by atoms with E-state index in [4.69, 9.17) is 0 Å². The van der Waals surface area contributed by atoms with Gasteiger partial charge >= 0.3 is 0 Å². The number of hydrogen-bond donors (Lipinski definition) is 1. The van der Waals surface area contributed by atoms with Crippen LogP contribution in [0.3, 0.4) is 0 Å². The summed E-state index contributed by atoms with van der Waals surface area (Å²) >= 11 is 0. The molecule has 0 aromatic heterocycles. The fourth-order valence-electron chi connectivity index (χ4n) is 3.19. The number of benzene rings is 1. The summed E-state index contributed by atoms with van der Waals surface area (Å²) in [6, 6.07) is 6.06. The topological polar surface area (TPSA) is 29.1 Å². The van der Waals surface area contributed by atoms with Crippen LogP contribution in [0.15, 0.2) is 30.4 Å². The number of nitrogens with one attached hydrogen (secondary N) is 1. The lowest BCUT2D eigenvalue weighted by Gasteiger charge is -2.18. The molecule has 2 heteroatoms. The summed E-state index contributed by atoms with van der Waals surface area (Å²) in [6.45, 7) is 4.14. The first-order valence-electron chi connectivity index (χ1n) is 6.70. The molecule has 0 spiro atoms. The van der Waals surface area contributed by atoms with Crippen molar-refractivity contribution in [2.24, 2.45) is 17.8 Å². The molecule has 1 N–H and O–H groups in total. The predicted octanol–water partition coefficient (Wildman–Crippen LogP) is 3.45.